The third-order valence-corrected chi connectivity index (χ3v) is 2.27. The number of likely N-dealkylation sites (N-methyl/N-ethyl adjacent to an activating group) is 1. The number of carboxylic acids is 1. The molecule has 1 rings (SSSR count). The molecule has 1 aliphatic heterocycles. The second-order valence-corrected chi connectivity index (χ2v) is 3.10. The SMILES string of the molecule is CCN1CCN(CC(=O)O)CC1.Cl. The number of piperazine rings is 1. The second-order valence-electron chi connectivity index (χ2n) is 3.10. The summed E-state index contributed by atoms with van der Waals surface area (Å²) in [5.41, 5.74) is 0. The van der Waals surface area contributed by atoms with Crippen molar-refractivity contribution in [2.24, 2.45) is 0 Å². The quantitative estimate of drug-likeness (QED) is 0.716. The van der Waals surface area contributed by atoms with Crippen molar-refractivity contribution < 1.29 is 9.90 Å². The topological polar surface area (TPSA) is 43.8 Å². The van der Waals surface area contributed by atoms with E-state index in [0.29, 0.717) is 0 Å². The van der Waals surface area contributed by atoms with Crippen LogP contribution in [0, 0.1) is 0 Å². The van der Waals surface area contributed by atoms with Crippen LogP contribution in [0.1, 0.15) is 6.92 Å². The van der Waals surface area contributed by atoms with Gasteiger partial charge in [0, 0.05) is 26.2 Å². The maximum Gasteiger partial charge on any atom is 0.317 e. The molecule has 1 aliphatic rings. The van der Waals surface area contributed by atoms with Crippen molar-refractivity contribution in [3.05, 3.63) is 0 Å². The summed E-state index contributed by atoms with van der Waals surface area (Å²) in [6.07, 6.45) is 0. The monoisotopic (exact) mass is 208 g/mol. The van der Waals surface area contributed by atoms with Crippen LogP contribution in [0.5, 0.6) is 0 Å². The van der Waals surface area contributed by atoms with E-state index in [0.717, 1.165) is 32.7 Å². The van der Waals surface area contributed by atoms with Crippen LogP contribution in [0.2, 0.25) is 0 Å². The molecule has 0 bridgehead atoms. The maximum atomic E-state index is 10.4. The Morgan fingerprint density at radius 2 is 1.69 bits per heavy atom. The minimum Gasteiger partial charge on any atom is -0.480 e. The van der Waals surface area contributed by atoms with E-state index < -0.39 is 5.97 Å². The van der Waals surface area contributed by atoms with E-state index in [1.54, 1.807) is 0 Å². The number of hydrogen-bond acceptors (Lipinski definition) is 3. The van der Waals surface area contributed by atoms with Gasteiger partial charge in [-0.1, -0.05) is 6.92 Å². The Morgan fingerprint density at radius 3 is 2.08 bits per heavy atom. The van der Waals surface area contributed by atoms with Gasteiger partial charge in [-0.2, -0.15) is 0 Å². The average Bonchev–Trinajstić information content (AvgIpc) is 2.05. The van der Waals surface area contributed by atoms with Crippen LogP contribution >= 0.6 is 12.4 Å². The largest absolute Gasteiger partial charge is 0.480 e. The van der Waals surface area contributed by atoms with Crippen LogP contribution in [0.25, 0.3) is 0 Å². The summed E-state index contributed by atoms with van der Waals surface area (Å²) in [6.45, 7) is 7.18. The third kappa shape index (κ3) is 4.45. The Kier molecular flexibility index (Phi) is 6.03. The van der Waals surface area contributed by atoms with E-state index >= 15 is 0 Å². The molecule has 78 valence electrons. The van der Waals surface area contributed by atoms with E-state index in [2.05, 4.69) is 11.8 Å². The first-order valence-corrected chi connectivity index (χ1v) is 4.39. The van der Waals surface area contributed by atoms with Crippen LogP contribution in [-0.4, -0.2) is 60.1 Å². The predicted octanol–water partition coefficient (Wildman–Crippen LogP) is 0.130. The summed E-state index contributed by atoms with van der Waals surface area (Å²) >= 11 is 0. The van der Waals surface area contributed by atoms with Gasteiger partial charge < -0.3 is 10.0 Å². The number of aliphatic carboxylic acids is 1. The first-order valence-electron chi connectivity index (χ1n) is 4.39. The molecule has 13 heavy (non-hydrogen) atoms. The minimum atomic E-state index is -0.722. The lowest BCUT2D eigenvalue weighted by Crippen LogP contribution is -2.47. The van der Waals surface area contributed by atoms with Crippen LogP contribution < -0.4 is 0 Å². The number of nitrogens with zero attached hydrogens (tertiary/aromatic N) is 2. The number of rotatable bonds is 3. The highest BCUT2D eigenvalue weighted by atomic mass is 35.5. The normalized spacial score (nSPS) is 19.5. The van der Waals surface area contributed by atoms with E-state index in [1.807, 2.05) is 4.90 Å². The van der Waals surface area contributed by atoms with E-state index in [4.69, 9.17) is 5.11 Å². The Labute approximate surface area is 84.9 Å². The smallest absolute Gasteiger partial charge is 0.317 e. The van der Waals surface area contributed by atoms with Gasteiger partial charge in [0.05, 0.1) is 6.54 Å². The number of carboxylic acid groups (broad SMARTS) is 1. The Morgan fingerprint density at radius 1 is 1.23 bits per heavy atom. The summed E-state index contributed by atoms with van der Waals surface area (Å²) in [6, 6.07) is 0. The van der Waals surface area contributed by atoms with Gasteiger partial charge >= 0.3 is 5.97 Å². The first-order chi connectivity index (χ1) is 5.72. The number of halogens is 1. The molecule has 5 heteroatoms. The van der Waals surface area contributed by atoms with Gasteiger partial charge in [0.1, 0.15) is 0 Å². The lowest BCUT2D eigenvalue weighted by atomic mass is 10.3. The third-order valence-electron chi connectivity index (χ3n) is 2.27. The molecule has 1 fully saturated rings. The van der Waals surface area contributed by atoms with Crippen molar-refractivity contribution in [2.75, 3.05) is 39.3 Å². The maximum absolute atomic E-state index is 10.4. The highest BCUT2D eigenvalue weighted by molar-refractivity contribution is 5.85. The lowest BCUT2D eigenvalue weighted by molar-refractivity contribution is -0.138. The molecule has 0 aromatic carbocycles. The highest BCUT2D eigenvalue weighted by Gasteiger charge is 2.16. The minimum absolute atomic E-state index is 0. The van der Waals surface area contributed by atoms with Gasteiger partial charge in [-0.05, 0) is 6.54 Å². The highest BCUT2D eigenvalue weighted by Crippen LogP contribution is 1.99. The zero-order chi connectivity index (χ0) is 8.97. The zero-order valence-electron chi connectivity index (χ0n) is 7.90. The van der Waals surface area contributed by atoms with Crippen LogP contribution in [-0.2, 0) is 4.79 Å². The fourth-order valence-corrected chi connectivity index (χ4v) is 1.45. The molecule has 1 N–H and O–H groups in total. The van der Waals surface area contributed by atoms with Crippen LogP contribution in [0.3, 0.4) is 0 Å². The molecule has 0 aliphatic carbocycles. The lowest BCUT2D eigenvalue weighted by Gasteiger charge is -2.32. The van der Waals surface area contributed by atoms with Crippen molar-refractivity contribution in [1.82, 2.24) is 9.80 Å². The molecule has 1 heterocycles. The molecule has 0 aromatic rings. The summed E-state index contributed by atoms with van der Waals surface area (Å²) in [4.78, 5) is 14.7. The molecule has 0 spiro atoms. The summed E-state index contributed by atoms with van der Waals surface area (Å²) in [5.74, 6) is -0.722. The molecule has 0 saturated carbocycles. The van der Waals surface area contributed by atoms with Gasteiger partial charge in [0.15, 0.2) is 0 Å². The molecular weight excluding hydrogens is 192 g/mol. The molecule has 1 saturated heterocycles. The Hall–Kier alpha value is -0.320. The molecule has 0 amide bonds. The van der Waals surface area contributed by atoms with Gasteiger partial charge in [0.25, 0.3) is 0 Å². The van der Waals surface area contributed by atoms with Crippen molar-refractivity contribution in [2.45, 2.75) is 6.92 Å². The predicted molar refractivity (Wildman–Crippen MR) is 53.4 cm³/mol. The molecule has 0 atom stereocenters. The van der Waals surface area contributed by atoms with Gasteiger partial charge in [-0.3, -0.25) is 9.69 Å². The van der Waals surface area contributed by atoms with Gasteiger partial charge in [-0.15, -0.1) is 12.4 Å². The van der Waals surface area contributed by atoms with Crippen molar-refractivity contribution >= 4 is 18.4 Å². The fraction of sp³-hybridized carbons (Fsp3) is 0.875. The van der Waals surface area contributed by atoms with Gasteiger partial charge in [0.2, 0.25) is 0 Å². The molecular formula is C8H17ClN2O2. The Bertz CT molecular complexity index is 158. The van der Waals surface area contributed by atoms with E-state index in [9.17, 15) is 4.79 Å². The van der Waals surface area contributed by atoms with Crippen LogP contribution in [0.4, 0.5) is 0 Å². The van der Waals surface area contributed by atoms with Crippen molar-refractivity contribution in [3.63, 3.8) is 0 Å². The van der Waals surface area contributed by atoms with Crippen molar-refractivity contribution in [3.8, 4) is 0 Å². The van der Waals surface area contributed by atoms with Gasteiger partial charge in [-0.25, -0.2) is 0 Å². The second kappa shape index (κ2) is 6.18. The Balaban J connectivity index is 0.00000144. The summed E-state index contributed by atoms with van der Waals surface area (Å²) in [5, 5.41) is 8.53. The molecule has 0 unspecified atom stereocenters. The first kappa shape index (κ1) is 12.7. The van der Waals surface area contributed by atoms with Crippen LogP contribution in [0.15, 0.2) is 0 Å². The zero-order valence-corrected chi connectivity index (χ0v) is 8.72. The molecule has 0 aromatic heterocycles. The molecule has 0 radical (unpaired) electrons. The van der Waals surface area contributed by atoms with Crippen molar-refractivity contribution in [1.29, 1.82) is 0 Å². The standard InChI is InChI=1S/C8H16N2O2.ClH/c1-2-9-3-5-10(6-4-9)7-8(11)12;/h2-7H2,1H3,(H,11,12);1H. The molecule has 4 nitrogen and oxygen atoms in total. The number of carbonyl (C=O) groups is 1. The van der Waals surface area contributed by atoms with E-state index in [1.165, 1.54) is 0 Å². The summed E-state index contributed by atoms with van der Waals surface area (Å²) < 4.78 is 0. The van der Waals surface area contributed by atoms with E-state index in [-0.39, 0.29) is 19.0 Å². The fourth-order valence-electron chi connectivity index (χ4n) is 1.45. The summed E-state index contributed by atoms with van der Waals surface area (Å²) in [7, 11) is 0. The number of hydrogen-bond donors (Lipinski definition) is 1. The average molecular weight is 209 g/mol.